The van der Waals surface area contributed by atoms with E-state index in [1.54, 1.807) is 6.92 Å². The third-order valence-corrected chi connectivity index (χ3v) is 3.54. The summed E-state index contributed by atoms with van der Waals surface area (Å²) in [5.41, 5.74) is 6.62. The molecule has 0 radical (unpaired) electrons. The van der Waals surface area contributed by atoms with Gasteiger partial charge in [0.1, 0.15) is 5.01 Å². The van der Waals surface area contributed by atoms with E-state index < -0.39 is 0 Å². The molecule has 1 unspecified atom stereocenters. The molecule has 0 saturated heterocycles. The van der Waals surface area contributed by atoms with Crippen LogP contribution in [-0.4, -0.2) is 22.1 Å². The van der Waals surface area contributed by atoms with Crippen molar-refractivity contribution in [1.29, 1.82) is 0 Å². The Morgan fingerprint density at radius 1 is 1.48 bits per heavy atom. The van der Waals surface area contributed by atoms with Gasteiger partial charge in [-0.05, 0) is 24.6 Å². The molecule has 2 aromatic rings. The summed E-state index contributed by atoms with van der Waals surface area (Å²) < 4.78 is 0. The number of rotatable bonds is 5. The minimum atomic E-state index is -0.172. The van der Waals surface area contributed by atoms with Gasteiger partial charge in [-0.3, -0.25) is 4.79 Å². The Balaban J connectivity index is 0.00000220. The summed E-state index contributed by atoms with van der Waals surface area (Å²) in [5.74, 6) is -0.148. The normalized spacial score (nSPS) is 11.6. The zero-order valence-electron chi connectivity index (χ0n) is 11.4. The van der Waals surface area contributed by atoms with Crippen molar-refractivity contribution in [3.63, 3.8) is 0 Å². The zero-order chi connectivity index (χ0) is 14.5. The number of carbonyl (C=O) groups excluding carboxylic acids is 1. The first-order valence-electron chi connectivity index (χ1n) is 6.15. The number of anilines is 1. The standard InChI is InChI=1S/C13H15ClN4OS.ClH/c1-8(15)5-11(19)16-13-18-17-12(20-13)7-9-3-2-4-10(14)6-9;/h2-4,6,8H,5,7,15H2,1H3,(H,16,18,19);1H. The number of aromatic nitrogens is 2. The predicted molar refractivity (Wildman–Crippen MR) is 88.3 cm³/mol. The monoisotopic (exact) mass is 346 g/mol. The Bertz CT molecular complexity index is 603. The average Bonchev–Trinajstić information content (AvgIpc) is 2.75. The molecule has 1 aromatic carbocycles. The van der Waals surface area contributed by atoms with E-state index in [1.165, 1.54) is 11.3 Å². The predicted octanol–water partition coefficient (Wildman–Crippen LogP) is 2.88. The van der Waals surface area contributed by atoms with E-state index in [0.29, 0.717) is 16.6 Å². The molecule has 0 aliphatic heterocycles. The van der Waals surface area contributed by atoms with Crippen LogP contribution in [0.3, 0.4) is 0 Å². The molecule has 2 rings (SSSR count). The van der Waals surface area contributed by atoms with Crippen molar-refractivity contribution in [3.8, 4) is 0 Å². The molecule has 0 fully saturated rings. The molecule has 0 aliphatic rings. The van der Waals surface area contributed by atoms with E-state index in [9.17, 15) is 4.79 Å². The van der Waals surface area contributed by atoms with Gasteiger partial charge in [0.15, 0.2) is 0 Å². The molecule has 0 spiro atoms. The maximum atomic E-state index is 11.6. The first-order chi connectivity index (χ1) is 9.52. The Hall–Kier alpha value is -1.21. The third-order valence-electron chi connectivity index (χ3n) is 2.46. The summed E-state index contributed by atoms with van der Waals surface area (Å²) >= 11 is 7.28. The van der Waals surface area contributed by atoms with Crippen LogP contribution in [0.5, 0.6) is 0 Å². The molecular formula is C13H16Cl2N4OS. The molecule has 0 aliphatic carbocycles. The number of amides is 1. The number of nitrogens with one attached hydrogen (secondary N) is 1. The number of hydrogen-bond acceptors (Lipinski definition) is 5. The van der Waals surface area contributed by atoms with E-state index in [-0.39, 0.29) is 30.8 Å². The maximum Gasteiger partial charge on any atom is 0.227 e. The minimum Gasteiger partial charge on any atom is -0.327 e. The molecule has 0 bridgehead atoms. The molecule has 8 heteroatoms. The van der Waals surface area contributed by atoms with Crippen molar-refractivity contribution in [2.75, 3.05) is 5.32 Å². The third kappa shape index (κ3) is 5.97. The van der Waals surface area contributed by atoms with Crippen molar-refractivity contribution < 1.29 is 4.79 Å². The van der Waals surface area contributed by atoms with Gasteiger partial charge < -0.3 is 11.1 Å². The molecule has 114 valence electrons. The molecule has 5 nitrogen and oxygen atoms in total. The summed E-state index contributed by atoms with van der Waals surface area (Å²) in [4.78, 5) is 11.6. The summed E-state index contributed by atoms with van der Waals surface area (Å²) in [7, 11) is 0. The van der Waals surface area contributed by atoms with Crippen LogP contribution in [-0.2, 0) is 11.2 Å². The van der Waals surface area contributed by atoms with Crippen LogP contribution >= 0.6 is 35.3 Å². The van der Waals surface area contributed by atoms with Crippen molar-refractivity contribution in [3.05, 3.63) is 39.9 Å². The molecule has 1 atom stereocenters. The van der Waals surface area contributed by atoms with Gasteiger partial charge in [-0.2, -0.15) is 0 Å². The van der Waals surface area contributed by atoms with Crippen LogP contribution in [0, 0.1) is 0 Å². The second-order valence-electron chi connectivity index (χ2n) is 4.54. The van der Waals surface area contributed by atoms with Crippen molar-refractivity contribution >= 4 is 46.4 Å². The van der Waals surface area contributed by atoms with Gasteiger partial charge >= 0.3 is 0 Å². The van der Waals surface area contributed by atoms with Crippen LogP contribution in [0.1, 0.15) is 23.9 Å². The van der Waals surface area contributed by atoms with Crippen LogP contribution in [0.25, 0.3) is 0 Å². The van der Waals surface area contributed by atoms with Gasteiger partial charge in [0.05, 0.1) is 0 Å². The topological polar surface area (TPSA) is 80.9 Å². The lowest BCUT2D eigenvalue weighted by Crippen LogP contribution is -2.23. The molecule has 1 amide bonds. The number of benzene rings is 1. The lowest BCUT2D eigenvalue weighted by molar-refractivity contribution is -0.116. The van der Waals surface area contributed by atoms with E-state index in [1.807, 2.05) is 24.3 Å². The first-order valence-corrected chi connectivity index (χ1v) is 7.34. The molecule has 1 heterocycles. The van der Waals surface area contributed by atoms with Crippen molar-refractivity contribution in [1.82, 2.24) is 10.2 Å². The van der Waals surface area contributed by atoms with Crippen molar-refractivity contribution in [2.45, 2.75) is 25.8 Å². The van der Waals surface area contributed by atoms with Gasteiger partial charge in [-0.25, -0.2) is 0 Å². The Morgan fingerprint density at radius 2 is 2.24 bits per heavy atom. The Kier molecular flexibility index (Phi) is 7.04. The molecular weight excluding hydrogens is 331 g/mol. The second-order valence-corrected chi connectivity index (χ2v) is 6.04. The fraction of sp³-hybridized carbons (Fsp3) is 0.308. The van der Waals surface area contributed by atoms with Crippen LogP contribution in [0.15, 0.2) is 24.3 Å². The van der Waals surface area contributed by atoms with E-state index >= 15 is 0 Å². The molecule has 3 N–H and O–H groups in total. The quantitative estimate of drug-likeness (QED) is 0.871. The fourth-order valence-corrected chi connectivity index (χ4v) is 2.66. The summed E-state index contributed by atoms with van der Waals surface area (Å²) in [6.07, 6.45) is 0.907. The van der Waals surface area contributed by atoms with Gasteiger partial charge in [0.25, 0.3) is 0 Å². The number of hydrogen-bond donors (Lipinski definition) is 2. The number of halogens is 2. The summed E-state index contributed by atoms with van der Waals surface area (Å²) in [6, 6.07) is 7.40. The van der Waals surface area contributed by atoms with E-state index in [4.69, 9.17) is 17.3 Å². The minimum absolute atomic E-state index is 0. The highest BCUT2D eigenvalue weighted by Gasteiger charge is 2.10. The first kappa shape index (κ1) is 17.8. The van der Waals surface area contributed by atoms with Gasteiger partial charge in [-0.1, -0.05) is 35.1 Å². The van der Waals surface area contributed by atoms with E-state index in [2.05, 4.69) is 15.5 Å². The lowest BCUT2D eigenvalue weighted by Gasteiger charge is -2.03. The summed E-state index contributed by atoms with van der Waals surface area (Å²) in [6.45, 7) is 1.78. The second kappa shape index (κ2) is 8.29. The Morgan fingerprint density at radius 3 is 2.90 bits per heavy atom. The van der Waals surface area contributed by atoms with E-state index in [0.717, 1.165) is 10.6 Å². The number of carbonyl (C=O) groups is 1. The zero-order valence-corrected chi connectivity index (χ0v) is 13.8. The highest BCUT2D eigenvalue weighted by Crippen LogP contribution is 2.20. The average molecular weight is 347 g/mol. The SMILES string of the molecule is CC(N)CC(=O)Nc1nnc(Cc2cccc(Cl)c2)s1.Cl. The Labute approximate surface area is 138 Å². The maximum absolute atomic E-state index is 11.6. The fourth-order valence-electron chi connectivity index (χ4n) is 1.66. The largest absolute Gasteiger partial charge is 0.327 e. The van der Waals surface area contributed by atoms with Gasteiger partial charge in [-0.15, -0.1) is 22.6 Å². The highest BCUT2D eigenvalue weighted by atomic mass is 35.5. The van der Waals surface area contributed by atoms with Gasteiger partial charge in [0, 0.05) is 23.9 Å². The highest BCUT2D eigenvalue weighted by molar-refractivity contribution is 7.15. The molecule has 0 saturated carbocycles. The number of nitrogens with zero attached hydrogens (tertiary/aromatic N) is 2. The van der Waals surface area contributed by atoms with Crippen LogP contribution in [0.2, 0.25) is 5.02 Å². The van der Waals surface area contributed by atoms with Crippen LogP contribution in [0.4, 0.5) is 5.13 Å². The van der Waals surface area contributed by atoms with Crippen molar-refractivity contribution in [2.24, 2.45) is 5.73 Å². The summed E-state index contributed by atoms with van der Waals surface area (Å²) in [5, 5.41) is 12.7. The van der Waals surface area contributed by atoms with Crippen LogP contribution < -0.4 is 11.1 Å². The molecule has 1 aromatic heterocycles. The number of nitrogens with two attached hydrogens (primary N) is 1. The lowest BCUT2D eigenvalue weighted by atomic mass is 10.2. The molecule has 21 heavy (non-hydrogen) atoms. The van der Waals surface area contributed by atoms with Gasteiger partial charge in [0.2, 0.25) is 11.0 Å². The smallest absolute Gasteiger partial charge is 0.227 e.